The van der Waals surface area contributed by atoms with Crippen LogP contribution in [0, 0.1) is 0 Å². The Kier molecular flexibility index (Phi) is 2.83. The predicted octanol–water partition coefficient (Wildman–Crippen LogP) is 0.947. The third-order valence-electron chi connectivity index (χ3n) is 2.01. The Labute approximate surface area is 92.0 Å². The molecule has 0 atom stereocenters. The van der Waals surface area contributed by atoms with E-state index in [1.165, 1.54) is 18.3 Å². The zero-order valence-corrected chi connectivity index (χ0v) is 9.08. The van der Waals surface area contributed by atoms with Gasteiger partial charge >= 0.3 is 7.60 Å². The summed E-state index contributed by atoms with van der Waals surface area (Å²) >= 11 is 0. The highest BCUT2D eigenvalue weighted by Crippen LogP contribution is 2.32. The zero-order chi connectivity index (χ0) is 11.6. The van der Waals surface area contributed by atoms with Gasteiger partial charge in [-0.2, -0.15) is 0 Å². The van der Waals surface area contributed by atoms with Crippen molar-refractivity contribution < 1.29 is 14.4 Å². The molecule has 0 aromatic carbocycles. The molecule has 2 rings (SSSR count). The summed E-state index contributed by atoms with van der Waals surface area (Å²) in [6.45, 7) is 0. The maximum absolute atomic E-state index is 10.9. The van der Waals surface area contributed by atoms with Gasteiger partial charge in [0, 0.05) is 12.4 Å². The van der Waals surface area contributed by atoms with Crippen LogP contribution in [0.1, 0.15) is 0 Å². The van der Waals surface area contributed by atoms with Crippen molar-refractivity contribution in [1.29, 1.82) is 0 Å². The molecule has 6 heteroatoms. The number of hydrogen-bond acceptors (Lipinski definition) is 3. The molecular weight excluding hydrogens is 227 g/mol. The fraction of sp³-hybridized carbons (Fsp3) is 0. The van der Waals surface area contributed by atoms with Crippen LogP contribution in [0.5, 0.6) is 0 Å². The smallest absolute Gasteiger partial charge is 0.321 e. The Morgan fingerprint density at radius 2 is 1.75 bits per heavy atom. The Hall–Kier alpha value is -1.55. The minimum Gasteiger partial charge on any atom is -0.321 e. The summed E-state index contributed by atoms with van der Waals surface area (Å²) in [5.74, 6) is 0. The second-order valence-corrected chi connectivity index (χ2v) is 4.77. The largest absolute Gasteiger partial charge is 0.357 e. The summed E-state index contributed by atoms with van der Waals surface area (Å²) < 4.78 is 10.9. The average Bonchev–Trinajstić information content (AvgIpc) is 2.29. The van der Waals surface area contributed by atoms with Gasteiger partial charge in [0.15, 0.2) is 0 Å². The van der Waals surface area contributed by atoms with Crippen LogP contribution in [0.3, 0.4) is 0 Å². The van der Waals surface area contributed by atoms with E-state index >= 15 is 0 Å². The summed E-state index contributed by atoms with van der Waals surface area (Å²) in [4.78, 5) is 25.9. The fourth-order valence-electron chi connectivity index (χ4n) is 1.22. The molecule has 82 valence electrons. The van der Waals surface area contributed by atoms with Crippen LogP contribution >= 0.6 is 7.60 Å². The Morgan fingerprint density at radius 3 is 2.25 bits per heavy atom. The van der Waals surface area contributed by atoms with Gasteiger partial charge in [-0.3, -0.25) is 14.5 Å². The maximum Gasteiger partial charge on any atom is 0.357 e. The summed E-state index contributed by atoms with van der Waals surface area (Å²) in [6.07, 6.45) is 2.80. The van der Waals surface area contributed by atoms with E-state index in [2.05, 4.69) is 9.97 Å². The van der Waals surface area contributed by atoms with Crippen molar-refractivity contribution in [2.75, 3.05) is 0 Å². The summed E-state index contributed by atoms with van der Waals surface area (Å²) in [5, 5.41) is -0.0906. The Bertz CT molecular complexity index is 522. The summed E-state index contributed by atoms with van der Waals surface area (Å²) in [6, 6.07) is 8.28. The van der Waals surface area contributed by atoms with Crippen LogP contribution in [0.25, 0.3) is 11.4 Å². The Morgan fingerprint density at radius 1 is 1.00 bits per heavy atom. The van der Waals surface area contributed by atoms with Crippen molar-refractivity contribution in [3.8, 4) is 11.4 Å². The third kappa shape index (κ3) is 2.33. The van der Waals surface area contributed by atoms with Crippen LogP contribution < -0.4 is 5.30 Å². The molecule has 0 aliphatic rings. The molecule has 2 aromatic heterocycles. The molecule has 2 N–H and O–H groups in total. The number of rotatable bonds is 2. The van der Waals surface area contributed by atoms with Crippen molar-refractivity contribution in [2.45, 2.75) is 0 Å². The van der Waals surface area contributed by atoms with E-state index in [1.807, 2.05) is 6.07 Å². The van der Waals surface area contributed by atoms with Crippen LogP contribution in [0.2, 0.25) is 0 Å². The molecule has 0 fully saturated rings. The molecule has 16 heavy (non-hydrogen) atoms. The van der Waals surface area contributed by atoms with E-state index in [9.17, 15) is 4.57 Å². The van der Waals surface area contributed by atoms with Crippen molar-refractivity contribution in [3.05, 3.63) is 42.7 Å². The topological polar surface area (TPSA) is 83.3 Å². The zero-order valence-electron chi connectivity index (χ0n) is 8.19. The van der Waals surface area contributed by atoms with E-state index in [4.69, 9.17) is 9.79 Å². The van der Waals surface area contributed by atoms with Crippen molar-refractivity contribution in [1.82, 2.24) is 9.97 Å². The lowest BCUT2D eigenvalue weighted by atomic mass is 10.2. The van der Waals surface area contributed by atoms with Gasteiger partial charge in [-0.1, -0.05) is 6.07 Å². The molecule has 0 aliphatic heterocycles. The van der Waals surface area contributed by atoms with Gasteiger partial charge in [-0.25, -0.2) is 0 Å². The molecule has 0 radical (unpaired) electrons. The van der Waals surface area contributed by atoms with Crippen LogP contribution in [-0.4, -0.2) is 19.8 Å². The van der Waals surface area contributed by atoms with Crippen molar-refractivity contribution in [3.63, 3.8) is 0 Å². The minimum atomic E-state index is -4.21. The van der Waals surface area contributed by atoms with Gasteiger partial charge in [-0.05, 0) is 24.3 Å². The van der Waals surface area contributed by atoms with Gasteiger partial charge in [-0.15, -0.1) is 0 Å². The normalized spacial score (nSPS) is 11.4. The number of nitrogens with zero attached hydrogens (tertiary/aromatic N) is 2. The highest BCUT2D eigenvalue weighted by Gasteiger charge is 2.17. The van der Waals surface area contributed by atoms with Gasteiger partial charge < -0.3 is 9.79 Å². The monoisotopic (exact) mass is 236 g/mol. The molecule has 0 saturated carbocycles. The quantitative estimate of drug-likeness (QED) is 0.758. The van der Waals surface area contributed by atoms with Gasteiger partial charge in [0.1, 0.15) is 0 Å². The van der Waals surface area contributed by atoms with Crippen LogP contribution in [0.4, 0.5) is 0 Å². The molecule has 0 saturated heterocycles. The molecule has 2 heterocycles. The van der Waals surface area contributed by atoms with Gasteiger partial charge in [0.2, 0.25) is 0 Å². The summed E-state index contributed by atoms with van der Waals surface area (Å²) in [5.41, 5.74) is 1.25. The lowest BCUT2D eigenvalue weighted by Crippen LogP contribution is -2.04. The maximum atomic E-state index is 10.9. The fourth-order valence-corrected chi connectivity index (χ4v) is 1.70. The predicted molar refractivity (Wildman–Crippen MR) is 59.1 cm³/mol. The average molecular weight is 236 g/mol. The first-order valence-corrected chi connectivity index (χ1v) is 6.12. The molecule has 5 nitrogen and oxygen atoms in total. The molecule has 2 aromatic rings. The molecule has 0 bridgehead atoms. The first-order chi connectivity index (χ1) is 7.57. The van der Waals surface area contributed by atoms with E-state index in [0.717, 1.165) is 0 Å². The first-order valence-electron chi connectivity index (χ1n) is 4.51. The first kappa shape index (κ1) is 11.0. The second-order valence-electron chi connectivity index (χ2n) is 3.16. The van der Waals surface area contributed by atoms with Gasteiger partial charge in [0.05, 0.1) is 16.7 Å². The highest BCUT2D eigenvalue weighted by atomic mass is 31.2. The van der Waals surface area contributed by atoms with E-state index in [0.29, 0.717) is 11.4 Å². The number of aromatic nitrogens is 2. The highest BCUT2D eigenvalue weighted by molar-refractivity contribution is 7.60. The van der Waals surface area contributed by atoms with Crippen molar-refractivity contribution >= 4 is 12.9 Å². The minimum absolute atomic E-state index is 0.0906. The molecule has 0 spiro atoms. The SMILES string of the molecule is O=P(O)(O)c1ccc(-c2ccccn2)nc1. The Balaban J connectivity index is 2.38. The number of pyridine rings is 2. The van der Waals surface area contributed by atoms with Gasteiger partial charge in [0.25, 0.3) is 0 Å². The standard InChI is InChI=1S/C10H9N2O3P/c13-16(14,15)8-4-5-10(12-7-8)9-3-1-2-6-11-9/h1-7H,(H2,13,14,15). The molecule has 0 aliphatic carbocycles. The lowest BCUT2D eigenvalue weighted by molar-refractivity contribution is 0.387. The second kappa shape index (κ2) is 4.14. The molecule has 0 unspecified atom stereocenters. The van der Waals surface area contributed by atoms with E-state index in [1.54, 1.807) is 18.3 Å². The lowest BCUT2D eigenvalue weighted by Gasteiger charge is -2.04. The third-order valence-corrected chi connectivity index (χ3v) is 2.95. The van der Waals surface area contributed by atoms with Crippen molar-refractivity contribution in [2.24, 2.45) is 0 Å². The van der Waals surface area contributed by atoms with E-state index in [-0.39, 0.29) is 5.30 Å². The molecule has 0 amide bonds. The van der Waals surface area contributed by atoms with Crippen LogP contribution in [0.15, 0.2) is 42.7 Å². The van der Waals surface area contributed by atoms with Crippen LogP contribution in [-0.2, 0) is 4.57 Å². The molecular formula is C10H9N2O3P. The summed E-state index contributed by atoms with van der Waals surface area (Å²) in [7, 11) is -4.21. The number of hydrogen-bond donors (Lipinski definition) is 2. The van der Waals surface area contributed by atoms with E-state index < -0.39 is 7.60 Å².